The van der Waals surface area contributed by atoms with Gasteiger partial charge in [0, 0.05) is 6.92 Å². The predicted octanol–water partition coefficient (Wildman–Crippen LogP) is -0.391. The van der Waals surface area contributed by atoms with E-state index in [4.69, 9.17) is 14.2 Å². The Morgan fingerprint density at radius 3 is 1.76 bits per heavy atom. The van der Waals surface area contributed by atoms with Crippen molar-refractivity contribution >= 4 is 24.0 Å². The van der Waals surface area contributed by atoms with Crippen LogP contribution in [0.2, 0.25) is 0 Å². The summed E-state index contributed by atoms with van der Waals surface area (Å²) in [6, 6.07) is 0. The van der Waals surface area contributed by atoms with E-state index in [1.165, 1.54) is 0 Å². The average molecular weight is 370 g/mol. The van der Waals surface area contributed by atoms with Crippen LogP contribution in [0.5, 0.6) is 0 Å². The van der Waals surface area contributed by atoms with Crippen LogP contribution < -0.4 is 10.6 Å². The molecule has 0 unspecified atom stereocenters. The fourth-order valence-corrected chi connectivity index (χ4v) is 2.27. The van der Waals surface area contributed by atoms with Crippen molar-refractivity contribution in [1.82, 2.24) is 10.6 Å². The van der Waals surface area contributed by atoms with Gasteiger partial charge in [-0.2, -0.15) is 13.2 Å². The van der Waals surface area contributed by atoms with Gasteiger partial charge in [-0.15, -0.1) is 0 Å². The van der Waals surface area contributed by atoms with Crippen molar-refractivity contribution in [1.29, 1.82) is 0 Å². The van der Waals surface area contributed by atoms with E-state index in [0.29, 0.717) is 0 Å². The summed E-state index contributed by atoms with van der Waals surface area (Å²) in [6.45, 7) is 0.729. The molecular formula is C12H13F3N2O8. The van der Waals surface area contributed by atoms with Gasteiger partial charge < -0.3 is 18.9 Å². The standard InChI is InChI=1S/C12H13F3N2O8/c1-4(18)16-10(20)24-5-2-22-8-6(3-23-7(5)8)25-11(21)17-9(19)12(13,14)15/h5-8H,2-3H2,1H3,(H,16,18,20)(H,17,19,21)/t5-,6+,7-,8-/m1/s1. The van der Waals surface area contributed by atoms with Gasteiger partial charge in [0.25, 0.3) is 0 Å². The number of halogens is 3. The van der Waals surface area contributed by atoms with Crippen LogP contribution in [0.1, 0.15) is 6.92 Å². The Labute approximate surface area is 137 Å². The topological polar surface area (TPSA) is 129 Å². The highest BCUT2D eigenvalue weighted by molar-refractivity contribution is 5.95. The molecule has 10 nitrogen and oxygen atoms in total. The van der Waals surface area contributed by atoms with E-state index in [1.807, 2.05) is 5.32 Å². The number of carbonyl (C=O) groups is 4. The molecular weight excluding hydrogens is 357 g/mol. The van der Waals surface area contributed by atoms with Crippen molar-refractivity contribution in [2.75, 3.05) is 13.2 Å². The second kappa shape index (κ2) is 7.23. The third kappa shape index (κ3) is 4.79. The van der Waals surface area contributed by atoms with E-state index >= 15 is 0 Å². The Bertz CT molecular complexity index is 581. The molecule has 2 saturated heterocycles. The van der Waals surface area contributed by atoms with E-state index < -0.39 is 54.6 Å². The molecule has 2 aliphatic rings. The molecule has 0 saturated carbocycles. The molecule has 2 aliphatic heterocycles. The molecule has 0 spiro atoms. The summed E-state index contributed by atoms with van der Waals surface area (Å²) >= 11 is 0. The lowest BCUT2D eigenvalue weighted by Crippen LogP contribution is -2.44. The summed E-state index contributed by atoms with van der Waals surface area (Å²) in [5, 5.41) is 2.90. The lowest BCUT2D eigenvalue weighted by atomic mass is 10.1. The molecule has 25 heavy (non-hydrogen) atoms. The number of ether oxygens (including phenoxy) is 4. The number of nitrogens with one attached hydrogen (secondary N) is 2. The Hall–Kier alpha value is -2.41. The lowest BCUT2D eigenvalue weighted by Gasteiger charge is -2.17. The van der Waals surface area contributed by atoms with Gasteiger partial charge in [-0.05, 0) is 0 Å². The van der Waals surface area contributed by atoms with Crippen LogP contribution in [-0.4, -0.2) is 67.8 Å². The Morgan fingerprint density at radius 2 is 1.36 bits per heavy atom. The van der Waals surface area contributed by atoms with Crippen molar-refractivity contribution in [3.8, 4) is 0 Å². The highest BCUT2D eigenvalue weighted by Crippen LogP contribution is 2.30. The van der Waals surface area contributed by atoms with E-state index in [0.717, 1.165) is 12.2 Å². The van der Waals surface area contributed by atoms with Crippen LogP contribution in [0.3, 0.4) is 0 Å². The van der Waals surface area contributed by atoms with Gasteiger partial charge in [-0.3, -0.25) is 20.2 Å². The number of rotatable bonds is 2. The molecule has 2 fully saturated rings. The molecule has 0 aromatic carbocycles. The number of alkyl carbamates (subject to hydrolysis) is 2. The quantitative estimate of drug-likeness (QED) is 0.672. The fourth-order valence-electron chi connectivity index (χ4n) is 2.27. The molecule has 0 bridgehead atoms. The minimum Gasteiger partial charge on any atom is -0.441 e. The highest BCUT2D eigenvalue weighted by atomic mass is 19.4. The summed E-state index contributed by atoms with van der Waals surface area (Å²) in [4.78, 5) is 44.1. The Kier molecular flexibility index (Phi) is 5.47. The summed E-state index contributed by atoms with van der Waals surface area (Å²) in [5.41, 5.74) is 0. The number of amides is 4. The molecule has 0 aromatic rings. The molecule has 0 aliphatic carbocycles. The molecule has 2 N–H and O–H groups in total. The Balaban J connectivity index is 1.85. The van der Waals surface area contributed by atoms with Gasteiger partial charge in [0.05, 0.1) is 13.2 Å². The van der Waals surface area contributed by atoms with Crippen LogP contribution in [0, 0.1) is 0 Å². The predicted molar refractivity (Wildman–Crippen MR) is 68.0 cm³/mol. The largest absolute Gasteiger partial charge is 0.471 e. The zero-order valence-corrected chi connectivity index (χ0v) is 12.6. The minimum absolute atomic E-state index is 0.135. The first-order valence-corrected chi connectivity index (χ1v) is 6.88. The zero-order valence-electron chi connectivity index (χ0n) is 12.6. The maximum atomic E-state index is 12.1. The average Bonchev–Trinajstić information content (AvgIpc) is 3.01. The van der Waals surface area contributed by atoms with Crippen molar-refractivity contribution in [2.45, 2.75) is 37.5 Å². The van der Waals surface area contributed by atoms with E-state index in [2.05, 4.69) is 4.74 Å². The lowest BCUT2D eigenvalue weighted by molar-refractivity contribution is -0.172. The van der Waals surface area contributed by atoms with Gasteiger partial charge in [0.1, 0.15) is 12.2 Å². The van der Waals surface area contributed by atoms with Gasteiger partial charge in [-0.25, -0.2) is 9.59 Å². The van der Waals surface area contributed by atoms with Gasteiger partial charge in [0.15, 0.2) is 12.2 Å². The molecule has 13 heteroatoms. The number of alkyl halides is 3. The molecule has 0 radical (unpaired) electrons. The maximum absolute atomic E-state index is 12.1. The van der Waals surface area contributed by atoms with Crippen LogP contribution in [0.15, 0.2) is 0 Å². The SMILES string of the molecule is CC(=O)NC(=O)O[C@@H]1CO[C@H]2[C@@H]1OC[C@@H]2OC(=O)NC(=O)C(F)(F)F. The van der Waals surface area contributed by atoms with Crippen LogP contribution in [0.4, 0.5) is 22.8 Å². The zero-order chi connectivity index (χ0) is 18.8. The van der Waals surface area contributed by atoms with Gasteiger partial charge in [0.2, 0.25) is 5.91 Å². The number of carbonyl (C=O) groups excluding carboxylic acids is 4. The van der Waals surface area contributed by atoms with Gasteiger partial charge in [-0.1, -0.05) is 0 Å². The summed E-state index contributed by atoms with van der Waals surface area (Å²) < 4.78 is 56.3. The molecule has 4 atom stereocenters. The smallest absolute Gasteiger partial charge is 0.441 e. The third-order valence-corrected chi connectivity index (χ3v) is 3.23. The second-order valence-corrected chi connectivity index (χ2v) is 5.12. The van der Waals surface area contributed by atoms with Crippen LogP contribution in [0.25, 0.3) is 0 Å². The van der Waals surface area contributed by atoms with Crippen LogP contribution in [-0.2, 0) is 28.5 Å². The highest BCUT2D eigenvalue weighted by Gasteiger charge is 2.51. The van der Waals surface area contributed by atoms with E-state index in [1.54, 1.807) is 0 Å². The van der Waals surface area contributed by atoms with E-state index in [-0.39, 0.29) is 13.2 Å². The molecule has 140 valence electrons. The molecule has 0 aromatic heterocycles. The normalized spacial score (nSPS) is 28.0. The van der Waals surface area contributed by atoms with Crippen molar-refractivity contribution in [3.05, 3.63) is 0 Å². The first-order valence-electron chi connectivity index (χ1n) is 6.88. The summed E-state index contributed by atoms with van der Waals surface area (Å²) in [5.74, 6) is -3.11. The number of hydrogen-bond acceptors (Lipinski definition) is 8. The molecule has 2 rings (SSSR count). The first kappa shape index (κ1) is 18.9. The van der Waals surface area contributed by atoms with Gasteiger partial charge >= 0.3 is 24.3 Å². The van der Waals surface area contributed by atoms with Crippen LogP contribution >= 0.6 is 0 Å². The number of fused-ring (bicyclic) bond motifs is 1. The monoisotopic (exact) mass is 370 g/mol. The Morgan fingerprint density at radius 1 is 0.920 bits per heavy atom. The van der Waals surface area contributed by atoms with Crippen molar-refractivity contribution in [3.63, 3.8) is 0 Å². The van der Waals surface area contributed by atoms with E-state index in [9.17, 15) is 32.3 Å². The molecule has 4 amide bonds. The summed E-state index contributed by atoms with van der Waals surface area (Å²) in [7, 11) is 0. The molecule has 2 heterocycles. The maximum Gasteiger partial charge on any atom is 0.471 e. The van der Waals surface area contributed by atoms with Crippen molar-refractivity contribution < 1.29 is 51.3 Å². The fraction of sp³-hybridized carbons (Fsp3) is 0.667. The minimum atomic E-state index is -5.24. The third-order valence-electron chi connectivity index (χ3n) is 3.23. The van der Waals surface area contributed by atoms with Crippen molar-refractivity contribution in [2.24, 2.45) is 0 Å². The summed E-state index contributed by atoms with van der Waals surface area (Å²) in [6.07, 6.45) is -11.6. The number of imide groups is 2. The first-order chi connectivity index (χ1) is 11.6. The number of hydrogen-bond donors (Lipinski definition) is 2. The second-order valence-electron chi connectivity index (χ2n) is 5.12.